The Labute approximate surface area is 118 Å². The van der Waals surface area contributed by atoms with E-state index in [4.69, 9.17) is 11.6 Å². The number of benzene rings is 1. The van der Waals surface area contributed by atoms with Crippen LogP contribution in [0.5, 0.6) is 0 Å². The molecule has 2 aromatic rings. The Morgan fingerprint density at radius 2 is 2.16 bits per heavy atom. The molecule has 1 aromatic heterocycles. The van der Waals surface area contributed by atoms with E-state index in [9.17, 15) is 0 Å². The number of nitrogens with one attached hydrogen (secondary N) is 2. The lowest BCUT2D eigenvalue weighted by atomic mass is 9.98. The fourth-order valence-corrected chi connectivity index (χ4v) is 2.86. The molecular formula is C15H18ClN3. The minimum atomic E-state index is 0.735. The lowest BCUT2D eigenvalue weighted by molar-refractivity contribution is 0.390. The van der Waals surface area contributed by atoms with Gasteiger partial charge in [0.2, 0.25) is 0 Å². The predicted octanol–water partition coefficient (Wildman–Crippen LogP) is 3.30. The maximum Gasteiger partial charge on any atom is 0.0934 e. The fourth-order valence-electron chi connectivity index (χ4n) is 2.63. The van der Waals surface area contributed by atoms with Gasteiger partial charge in [-0.2, -0.15) is 0 Å². The standard InChI is InChI=1S/C15H18ClN3/c16-13-8-12-2-1-5-18-15(12)14(9-13)19-10-11-3-6-17-7-4-11/h1-2,5,8-9,11,17,19H,3-4,6-7,10H2. The monoisotopic (exact) mass is 275 g/mol. The van der Waals surface area contributed by atoms with Gasteiger partial charge in [-0.1, -0.05) is 17.7 Å². The van der Waals surface area contributed by atoms with Gasteiger partial charge in [0.1, 0.15) is 0 Å². The molecular weight excluding hydrogens is 258 g/mol. The Balaban J connectivity index is 1.79. The van der Waals surface area contributed by atoms with E-state index >= 15 is 0 Å². The summed E-state index contributed by atoms with van der Waals surface area (Å²) in [6.07, 6.45) is 4.30. The summed E-state index contributed by atoms with van der Waals surface area (Å²) >= 11 is 6.17. The number of fused-ring (bicyclic) bond motifs is 1. The van der Waals surface area contributed by atoms with Crippen molar-refractivity contribution >= 4 is 28.2 Å². The molecule has 3 nitrogen and oxygen atoms in total. The summed E-state index contributed by atoms with van der Waals surface area (Å²) in [6.45, 7) is 3.25. The Kier molecular flexibility index (Phi) is 3.85. The lowest BCUT2D eigenvalue weighted by Crippen LogP contribution is -2.31. The minimum Gasteiger partial charge on any atom is -0.383 e. The van der Waals surface area contributed by atoms with E-state index < -0.39 is 0 Å². The van der Waals surface area contributed by atoms with Crippen LogP contribution in [-0.4, -0.2) is 24.6 Å². The van der Waals surface area contributed by atoms with Gasteiger partial charge in [0.15, 0.2) is 0 Å². The van der Waals surface area contributed by atoms with Crippen LogP contribution in [0.1, 0.15) is 12.8 Å². The molecule has 0 aliphatic carbocycles. The number of anilines is 1. The first-order chi connectivity index (χ1) is 9.33. The molecule has 19 heavy (non-hydrogen) atoms. The van der Waals surface area contributed by atoms with Crippen LogP contribution in [0.4, 0.5) is 5.69 Å². The van der Waals surface area contributed by atoms with Crippen LogP contribution in [0.2, 0.25) is 5.02 Å². The maximum absolute atomic E-state index is 6.17. The first-order valence-electron chi connectivity index (χ1n) is 6.82. The topological polar surface area (TPSA) is 37.0 Å². The first kappa shape index (κ1) is 12.7. The van der Waals surface area contributed by atoms with Gasteiger partial charge in [0, 0.05) is 23.2 Å². The van der Waals surface area contributed by atoms with Crippen molar-refractivity contribution in [1.29, 1.82) is 0 Å². The highest BCUT2D eigenvalue weighted by molar-refractivity contribution is 6.31. The third-order valence-corrected chi connectivity index (χ3v) is 3.93. The van der Waals surface area contributed by atoms with E-state index in [-0.39, 0.29) is 0 Å². The van der Waals surface area contributed by atoms with Gasteiger partial charge >= 0.3 is 0 Å². The van der Waals surface area contributed by atoms with E-state index in [2.05, 4.69) is 15.6 Å². The van der Waals surface area contributed by atoms with Crippen LogP contribution in [0.15, 0.2) is 30.5 Å². The van der Waals surface area contributed by atoms with Gasteiger partial charge in [-0.05, 0) is 50.0 Å². The molecule has 0 spiro atoms. The van der Waals surface area contributed by atoms with Crippen molar-refractivity contribution in [2.45, 2.75) is 12.8 Å². The minimum absolute atomic E-state index is 0.735. The molecule has 0 saturated carbocycles. The highest BCUT2D eigenvalue weighted by Gasteiger charge is 2.13. The molecule has 0 amide bonds. The van der Waals surface area contributed by atoms with Crippen molar-refractivity contribution in [3.8, 4) is 0 Å². The molecule has 0 radical (unpaired) electrons. The summed E-state index contributed by atoms with van der Waals surface area (Å²) < 4.78 is 0. The molecule has 3 rings (SSSR count). The lowest BCUT2D eigenvalue weighted by Gasteiger charge is -2.23. The summed E-state index contributed by atoms with van der Waals surface area (Å²) in [5.41, 5.74) is 2.04. The van der Waals surface area contributed by atoms with Crippen LogP contribution < -0.4 is 10.6 Å². The second kappa shape index (κ2) is 5.76. The predicted molar refractivity (Wildman–Crippen MR) is 80.8 cm³/mol. The second-order valence-electron chi connectivity index (χ2n) is 5.10. The molecule has 1 aromatic carbocycles. The fraction of sp³-hybridized carbons (Fsp3) is 0.400. The molecule has 100 valence electrons. The van der Waals surface area contributed by atoms with Gasteiger partial charge in [0.25, 0.3) is 0 Å². The second-order valence-corrected chi connectivity index (χ2v) is 5.54. The van der Waals surface area contributed by atoms with Crippen molar-refractivity contribution in [3.63, 3.8) is 0 Å². The molecule has 2 heterocycles. The average Bonchev–Trinajstić information content (AvgIpc) is 2.45. The summed E-state index contributed by atoms with van der Waals surface area (Å²) in [6, 6.07) is 7.91. The number of rotatable bonds is 3. The Morgan fingerprint density at radius 3 is 3.00 bits per heavy atom. The first-order valence-corrected chi connectivity index (χ1v) is 7.19. The van der Waals surface area contributed by atoms with Gasteiger partial charge < -0.3 is 10.6 Å². The van der Waals surface area contributed by atoms with Crippen molar-refractivity contribution in [2.24, 2.45) is 5.92 Å². The largest absolute Gasteiger partial charge is 0.383 e. The summed E-state index contributed by atoms with van der Waals surface area (Å²) in [4.78, 5) is 4.45. The normalized spacial score (nSPS) is 16.7. The van der Waals surface area contributed by atoms with E-state index in [1.165, 1.54) is 12.8 Å². The summed E-state index contributed by atoms with van der Waals surface area (Å²) in [7, 11) is 0. The summed E-state index contributed by atoms with van der Waals surface area (Å²) in [5, 5.41) is 8.76. The Hall–Kier alpha value is -1.32. The zero-order valence-corrected chi connectivity index (χ0v) is 11.6. The third-order valence-electron chi connectivity index (χ3n) is 3.71. The SMILES string of the molecule is Clc1cc(NCC2CCNCC2)c2ncccc2c1. The Bertz CT molecular complexity index is 564. The van der Waals surface area contributed by atoms with E-state index in [0.717, 1.165) is 47.2 Å². The number of aromatic nitrogens is 1. The van der Waals surface area contributed by atoms with Gasteiger partial charge in [-0.3, -0.25) is 4.98 Å². The quantitative estimate of drug-likeness (QED) is 0.902. The smallest absolute Gasteiger partial charge is 0.0934 e. The zero-order valence-electron chi connectivity index (χ0n) is 10.8. The number of pyridine rings is 1. The van der Waals surface area contributed by atoms with Crippen LogP contribution in [0.25, 0.3) is 10.9 Å². The number of nitrogens with zero attached hydrogens (tertiary/aromatic N) is 1. The maximum atomic E-state index is 6.17. The number of piperidine rings is 1. The molecule has 0 bridgehead atoms. The molecule has 1 saturated heterocycles. The van der Waals surface area contributed by atoms with Crippen molar-refractivity contribution < 1.29 is 0 Å². The van der Waals surface area contributed by atoms with Crippen molar-refractivity contribution in [3.05, 3.63) is 35.5 Å². The Morgan fingerprint density at radius 1 is 1.32 bits per heavy atom. The van der Waals surface area contributed by atoms with Crippen molar-refractivity contribution in [2.75, 3.05) is 25.0 Å². The molecule has 1 aliphatic rings. The molecule has 1 fully saturated rings. The van der Waals surface area contributed by atoms with Crippen LogP contribution >= 0.6 is 11.6 Å². The number of hydrogen-bond acceptors (Lipinski definition) is 3. The van der Waals surface area contributed by atoms with E-state index in [1.807, 2.05) is 30.5 Å². The van der Waals surface area contributed by atoms with Gasteiger partial charge in [-0.25, -0.2) is 0 Å². The van der Waals surface area contributed by atoms with Crippen LogP contribution in [-0.2, 0) is 0 Å². The third kappa shape index (κ3) is 2.99. The number of halogens is 1. The van der Waals surface area contributed by atoms with Crippen molar-refractivity contribution in [1.82, 2.24) is 10.3 Å². The van der Waals surface area contributed by atoms with E-state index in [1.54, 1.807) is 0 Å². The average molecular weight is 276 g/mol. The van der Waals surface area contributed by atoms with Crippen LogP contribution in [0.3, 0.4) is 0 Å². The summed E-state index contributed by atoms with van der Waals surface area (Å²) in [5.74, 6) is 0.735. The molecule has 0 unspecified atom stereocenters. The highest BCUT2D eigenvalue weighted by Crippen LogP contribution is 2.26. The van der Waals surface area contributed by atoms with E-state index in [0.29, 0.717) is 0 Å². The molecule has 1 aliphatic heterocycles. The zero-order chi connectivity index (χ0) is 13.1. The number of hydrogen-bond donors (Lipinski definition) is 2. The van der Waals surface area contributed by atoms with Gasteiger partial charge in [-0.15, -0.1) is 0 Å². The molecule has 4 heteroatoms. The highest BCUT2D eigenvalue weighted by atomic mass is 35.5. The molecule has 2 N–H and O–H groups in total. The van der Waals surface area contributed by atoms with Gasteiger partial charge in [0.05, 0.1) is 11.2 Å². The molecule has 0 atom stereocenters. The van der Waals surface area contributed by atoms with Crippen LogP contribution in [0, 0.1) is 5.92 Å².